The first kappa shape index (κ1) is 16.3. The summed E-state index contributed by atoms with van der Waals surface area (Å²) in [6, 6.07) is 0. The van der Waals surface area contributed by atoms with Crippen LogP contribution in [0.25, 0.3) is 0 Å². The largest absolute Gasteiger partial charge is 0.301 e. The first-order chi connectivity index (χ1) is 8.91. The average molecular weight is 268 g/mol. The van der Waals surface area contributed by atoms with Gasteiger partial charge in [0.1, 0.15) is 0 Å². The maximum atomic E-state index is 11.6. The fraction of sp³-hybridized carbons (Fsp3) is 0.867. The Hall–Kier alpha value is -0.740. The Bertz CT molecular complexity index is 307. The van der Waals surface area contributed by atoms with Gasteiger partial charge in [-0.25, -0.2) is 0 Å². The van der Waals surface area contributed by atoms with E-state index in [1.165, 1.54) is 12.8 Å². The van der Waals surface area contributed by atoms with Crippen LogP contribution in [0.4, 0.5) is 0 Å². The van der Waals surface area contributed by atoms with Crippen LogP contribution in [0, 0.1) is 5.92 Å². The number of piperazine rings is 1. The molecule has 110 valence electrons. The molecule has 1 rings (SSSR count). The summed E-state index contributed by atoms with van der Waals surface area (Å²) < 4.78 is 0. The van der Waals surface area contributed by atoms with Gasteiger partial charge >= 0.3 is 0 Å². The number of ketones is 1. The van der Waals surface area contributed by atoms with Gasteiger partial charge in [0, 0.05) is 26.2 Å². The van der Waals surface area contributed by atoms with Crippen molar-refractivity contribution in [3.8, 4) is 0 Å². The normalized spacial score (nSPS) is 20.2. The van der Waals surface area contributed by atoms with E-state index < -0.39 is 5.54 Å². The zero-order valence-electron chi connectivity index (χ0n) is 12.8. The average Bonchev–Trinajstić information content (AvgIpc) is 2.44. The van der Waals surface area contributed by atoms with Crippen molar-refractivity contribution in [1.82, 2.24) is 9.80 Å². The van der Waals surface area contributed by atoms with Crippen molar-refractivity contribution >= 4 is 12.1 Å². The monoisotopic (exact) mass is 268 g/mol. The maximum absolute atomic E-state index is 11.6. The molecule has 0 N–H and O–H groups in total. The molecule has 4 nitrogen and oxygen atoms in total. The highest BCUT2D eigenvalue weighted by atomic mass is 16.2. The summed E-state index contributed by atoms with van der Waals surface area (Å²) in [7, 11) is 0. The number of carbonyl (C=O) groups is 2. The molecule has 4 heteroatoms. The molecule has 0 bridgehead atoms. The van der Waals surface area contributed by atoms with Crippen LogP contribution in [-0.4, -0.2) is 60.1 Å². The van der Waals surface area contributed by atoms with E-state index in [9.17, 15) is 9.59 Å². The molecule has 1 unspecified atom stereocenters. The van der Waals surface area contributed by atoms with Crippen LogP contribution in [0.3, 0.4) is 0 Å². The van der Waals surface area contributed by atoms with Crippen molar-refractivity contribution in [2.24, 2.45) is 5.92 Å². The van der Waals surface area contributed by atoms with Crippen LogP contribution in [0.2, 0.25) is 0 Å². The highest BCUT2D eigenvalue weighted by Gasteiger charge is 2.35. The van der Waals surface area contributed by atoms with E-state index in [0.29, 0.717) is 6.29 Å². The number of hydrogen-bond acceptors (Lipinski definition) is 4. The second-order valence-corrected chi connectivity index (χ2v) is 6.17. The Kier molecular flexibility index (Phi) is 6.14. The summed E-state index contributed by atoms with van der Waals surface area (Å²) >= 11 is 0. The second-order valence-electron chi connectivity index (χ2n) is 6.17. The van der Waals surface area contributed by atoms with E-state index in [1.54, 1.807) is 0 Å². The zero-order chi connectivity index (χ0) is 14.5. The van der Waals surface area contributed by atoms with Crippen molar-refractivity contribution in [2.75, 3.05) is 32.7 Å². The lowest BCUT2D eigenvalue weighted by Gasteiger charge is -2.42. The standard InChI is InChI=1S/C15H28N2O2/c1-5-13(2)6-7-16-8-10-17(11-9-16)15(3,4)14(19)12-18/h12-13H,5-11H2,1-4H3. The van der Waals surface area contributed by atoms with Crippen molar-refractivity contribution in [2.45, 2.75) is 46.1 Å². The number of rotatable bonds is 7. The molecule has 1 aliphatic rings. The molecule has 0 aliphatic carbocycles. The molecule has 0 aromatic heterocycles. The summed E-state index contributed by atoms with van der Waals surface area (Å²) in [5.74, 6) is 0.465. The Labute approximate surface area is 117 Å². The molecule has 19 heavy (non-hydrogen) atoms. The Morgan fingerprint density at radius 1 is 1.26 bits per heavy atom. The van der Waals surface area contributed by atoms with Crippen molar-refractivity contribution in [3.63, 3.8) is 0 Å². The quantitative estimate of drug-likeness (QED) is 0.519. The number of hydrogen-bond donors (Lipinski definition) is 0. The molecular formula is C15H28N2O2. The molecule has 0 spiro atoms. The number of aldehydes is 1. The van der Waals surface area contributed by atoms with E-state index in [-0.39, 0.29) is 5.78 Å². The molecule has 0 aromatic rings. The molecule has 1 saturated heterocycles. The predicted molar refractivity (Wildman–Crippen MR) is 77.2 cm³/mol. The van der Waals surface area contributed by atoms with Gasteiger partial charge in [0.15, 0.2) is 6.29 Å². The molecule has 1 heterocycles. The van der Waals surface area contributed by atoms with Gasteiger partial charge in [0.05, 0.1) is 5.54 Å². The highest BCUT2D eigenvalue weighted by Crippen LogP contribution is 2.18. The summed E-state index contributed by atoms with van der Waals surface area (Å²) in [6.45, 7) is 13.1. The van der Waals surface area contributed by atoms with E-state index >= 15 is 0 Å². The third-order valence-electron chi connectivity index (χ3n) is 4.51. The first-order valence-electron chi connectivity index (χ1n) is 7.38. The van der Waals surface area contributed by atoms with Crippen LogP contribution in [0.5, 0.6) is 0 Å². The van der Waals surface area contributed by atoms with Gasteiger partial charge in [-0.05, 0) is 32.7 Å². The molecule has 1 fully saturated rings. The number of nitrogens with zero attached hydrogens (tertiary/aromatic N) is 2. The van der Waals surface area contributed by atoms with E-state index in [0.717, 1.165) is 38.6 Å². The molecule has 0 amide bonds. The number of carbonyl (C=O) groups excluding carboxylic acids is 2. The van der Waals surface area contributed by atoms with Crippen molar-refractivity contribution < 1.29 is 9.59 Å². The van der Waals surface area contributed by atoms with Gasteiger partial charge in [-0.1, -0.05) is 20.3 Å². The minimum absolute atomic E-state index is 0.319. The summed E-state index contributed by atoms with van der Waals surface area (Å²) in [4.78, 5) is 26.9. The van der Waals surface area contributed by atoms with E-state index in [4.69, 9.17) is 0 Å². The first-order valence-corrected chi connectivity index (χ1v) is 7.38. The zero-order valence-corrected chi connectivity index (χ0v) is 12.8. The van der Waals surface area contributed by atoms with Gasteiger partial charge in [-0.3, -0.25) is 14.5 Å². The van der Waals surface area contributed by atoms with Gasteiger partial charge < -0.3 is 4.90 Å². The SMILES string of the molecule is CCC(C)CCN1CCN(C(C)(C)C(=O)C=O)CC1. The fourth-order valence-corrected chi connectivity index (χ4v) is 2.44. The van der Waals surface area contributed by atoms with Crippen molar-refractivity contribution in [1.29, 1.82) is 0 Å². The summed E-state index contributed by atoms with van der Waals surface area (Å²) in [5, 5.41) is 0. The van der Waals surface area contributed by atoms with Gasteiger partial charge in [0.25, 0.3) is 0 Å². The highest BCUT2D eigenvalue weighted by molar-refractivity contribution is 6.29. The van der Waals surface area contributed by atoms with Crippen LogP contribution in [0.15, 0.2) is 0 Å². The Morgan fingerprint density at radius 2 is 1.84 bits per heavy atom. The summed E-state index contributed by atoms with van der Waals surface area (Å²) in [6.07, 6.45) is 2.93. The van der Waals surface area contributed by atoms with Crippen LogP contribution in [-0.2, 0) is 9.59 Å². The van der Waals surface area contributed by atoms with Crippen molar-refractivity contribution in [3.05, 3.63) is 0 Å². The lowest BCUT2D eigenvalue weighted by molar-refractivity contribution is -0.138. The third-order valence-corrected chi connectivity index (χ3v) is 4.51. The molecule has 0 saturated carbocycles. The molecule has 1 atom stereocenters. The Balaban J connectivity index is 2.40. The smallest absolute Gasteiger partial charge is 0.214 e. The minimum Gasteiger partial charge on any atom is -0.301 e. The minimum atomic E-state index is -0.648. The van der Waals surface area contributed by atoms with Crippen LogP contribution < -0.4 is 0 Å². The van der Waals surface area contributed by atoms with Gasteiger partial charge in [-0.2, -0.15) is 0 Å². The van der Waals surface area contributed by atoms with Gasteiger partial charge in [0.2, 0.25) is 5.78 Å². The lowest BCUT2D eigenvalue weighted by atomic mass is 9.96. The van der Waals surface area contributed by atoms with Crippen LogP contribution >= 0.6 is 0 Å². The van der Waals surface area contributed by atoms with Crippen LogP contribution in [0.1, 0.15) is 40.5 Å². The maximum Gasteiger partial charge on any atom is 0.214 e. The molecule has 1 aliphatic heterocycles. The van der Waals surface area contributed by atoms with E-state index in [1.807, 2.05) is 13.8 Å². The molecule has 0 aromatic carbocycles. The summed E-state index contributed by atoms with van der Waals surface area (Å²) in [5.41, 5.74) is -0.648. The van der Waals surface area contributed by atoms with Gasteiger partial charge in [-0.15, -0.1) is 0 Å². The predicted octanol–water partition coefficient (Wildman–Crippen LogP) is 1.59. The lowest BCUT2D eigenvalue weighted by Crippen LogP contribution is -2.58. The second kappa shape index (κ2) is 7.15. The number of Topliss-reactive ketones (excluding diaryl/α,β-unsaturated/α-hetero) is 1. The Morgan fingerprint density at radius 3 is 2.32 bits per heavy atom. The molecule has 0 radical (unpaired) electrons. The van der Waals surface area contributed by atoms with E-state index in [2.05, 4.69) is 23.6 Å². The molecular weight excluding hydrogens is 240 g/mol. The topological polar surface area (TPSA) is 40.6 Å². The third kappa shape index (κ3) is 4.39. The fourth-order valence-electron chi connectivity index (χ4n) is 2.44.